The van der Waals surface area contributed by atoms with Gasteiger partial charge in [-0.3, -0.25) is 4.99 Å². The molecule has 0 spiro atoms. The van der Waals surface area contributed by atoms with Gasteiger partial charge in [0.05, 0.1) is 6.04 Å². The van der Waals surface area contributed by atoms with E-state index in [1.807, 2.05) is 24.3 Å². The normalized spacial score (nSPS) is 17.9. The first kappa shape index (κ1) is 25.9. The molecule has 5 nitrogen and oxygen atoms in total. The second-order valence-corrected chi connectivity index (χ2v) is 8.45. The summed E-state index contributed by atoms with van der Waals surface area (Å²) in [6, 6.07) is 18.9. The molecule has 2 aromatic carbocycles. The van der Waals surface area contributed by atoms with Crippen molar-refractivity contribution in [3.05, 3.63) is 70.7 Å². The van der Waals surface area contributed by atoms with Crippen LogP contribution >= 0.6 is 35.6 Å². The molecule has 0 radical (unpaired) electrons. The molecule has 0 aromatic heterocycles. The SMILES string of the molecule is CN=C(NCC1(NC(C)c2ccccc2)CCOCC1)NC(C)c1ccc(Cl)cc1.I. The third-order valence-electron chi connectivity index (χ3n) is 5.81. The molecule has 0 saturated carbocycles. The number of ether oxygens (including phenoxy) is 1. The number of nitrogens with one attached hydrogen (secondary N) is 3. The van der Waals surface area contributed by atoms with Gasteiger partial charge in [-0.1, -0.05) is 54.1 Å². The van der Waals surface area contributed by atoms with Crippen LogP contribution in [0, 0.1) is 0 Å². The lowest BCUT2D eigenvalue weighted by atomic mass is 9.88. The van der Waals surface area contributed by atoms with E-state index in [2.05, 4.69) is 65.1 Å². The minimum atomic E-state index is -0.0470. The molecule has 2 atom stereocenters. The zero-order valence-corrected chi connectivity index (χ0v) is 21.6. The van der Waals surface area contributed by atoms with Gasteiger partial charge in [0.1, 0.15) is 0 Å². The highest BCUT2D eigenvalue weighted by Crippen LogP contribution is 2.25. The number of nitrogens with zero attached hydrogens (tertiary/aromatic N) is 1. The van der Waals surface area contributed by atoms with Crippen molar-refractivity contribution < 1.29 is 4.74 Å². The minimum absolute atomic E-state index is 0. The molecule has 1 fully saturated rings. The standard InChI is InChI=1S/C24H33ClN4O.HI/c1-18(21-9-11-22(25)12-10-21)28-23(26-3)27-17-24(13-15-30-16-14-24)29-19(2)20-7-5-4-6-8-20;/h4-12,18-19,29H,13-17H2,1-3H3,(H2,26,27,28);1H. The summed E-state index contributed by atoms with van der Waals surface area (Å²) in [4.78, 5) is 4.43. The molecule has 0 amide bonds. The number of benzene rings is 2. The molecule has 31 heavy (non-hydrogen) atoms. The van der Waals surface area contributed by atoms with Crippen molar-refractivity contribution in [2.45, 2.75) is 44.3 Å². The number of rotatable bonds is 7. The largest absolute Gasteiger partial charge is 0.381 e. The van der Waals surface area contributed by atoms with E-state index in [1.165, 1.54) is 11.1 Å². The Morgan fingerprint density at radius 1 is 1.00 bits per heavy atom. The summed E-state index contributed by atoms with van der Waals surface area (Å²) in [6.45, 7) is 6.66. The molecule has 2 unspecified atom stereocenters. The van der Waals surface area contributed by atoms with Gasteiger partial charge in [0.25, 0.3) is 0 Å². The van der Waals surface area contributed by atoms with Gasteiger partial charge in [0.2, 0.25) is 0 Å². The maximum atomic E-state index is 6.01. The molecule has 0 aliphatic carbocycles. The monoisotopic (exact) mass is 556 g/mol. The second kappa shape index (κ2) is 12.6. The van der Waals surface area contributed by atoms with Crippen LogP contribution in [0.1, 0.15) is 49.9 Å². The van der Waals surface area contributed by atoms with Crippen molar-refractivity contribution in [1.29, 1.82) is 0 Å². The van der Waals surface area contributed by atoms with E-state index in [0.29, 0.717) is 0 Å². The maximum absolute atomic E-state index is 6.01. The lowest BCUT2D eigenvalue weighted by Crippen LogP contribution is -2.58. The Hall–Kier alpha value is -1.35. The van der Waals surface area contributed by atoms with Crippen molar-refractivity contribution in [2.75, 3.05) is 26.8 Å². The Bertz CT molecular complexity index is 810. The van der Waals surface area contributed by atoms with Crippen LogP contribution in [-0.2, 0) is 4.74 Å². The van der Waals surface area contributed by atoms with Gasteiger partial charge >= 0.3 is 0 Å². The van der Waals surface area contributed by atoms with Gasteiger partial charge in [0, 0.05) is 43.4 Å². The van der Waals surface area contributed by atoms with Crippen LogP contribution in [0.2, 0.25) is 5.02 Å². The van der Waals surface area contributed by atoms with E-state index in [4.69, 9.17) is 16.3 Å². The number of hydrogen-bond acceptors (Lipinski definition) is 3. The fourth-order valence-electron chi connectivity index (χ4n) is 3.91. The molecular weight excluding hydrogens is 523 g/mol. The number of aliphatic imine (C=N–C) groups is 1. The molecule has 1 aliphatic heterocycles. The first-order valence-corrected chi connectivity index (χ1v) is 11.0. The van der Waals surface area contributed by atoms with E-state index < -0.39 is 0 Å². The quantitative estimate of drug-likeness (QED) is 0.253. The average molecular weight is 557 g/mol. The third-order valence-corrected chi connectivity index (χ3v) is 6.07. The highest BCUT2D eigenvalue weighted by Gasteiger charge is 2.34. The molecule has 0 bridgehead atoms. The van der Waals surface area contributed by atoms with E-state index in [9.17, 15) is 0 Å². The Morgan fingerprint density at radius 2 is 1.61 bits per heavy atom. The van der Waals surface area contributed by atoms with Gasteiger partial charge in [-0.2, -0.15) is 0 Å². The van der Waals surface area contributed by atoms with Crippen molar-refractivity contribution in [1.82, 2.24) is 16.0 Å². The number of guanidine groups is 1. The van der Waals surface area contributed by atoms with Crippen LogP contribution in [0.3, 0.4) is 0 Å². The first-order chi connectivity index (χ1) is 14.5. The molecule has 1 heterocycles. The van der Waals surface area contributed by atoms with Crippen molar-refractivity contribution in [3.8, 4) is 0 Å². The summed E-state index contributed by atoms with van der Waals surface area (Å²) in [5.41, 5.74) is 2.41. The summed E-state index contributed by atoms with van der Waals surface area (Å²) in [5.74, 6) is 0.789. The molecule has 1 aliphatic rings. The number of hydrogen-bond donors (Lipinski definition) is 3. The zero-order valence-electron chi connectivity index (χ0n) is 18.5. The molecule has 1 saturated heterocycles. The van der Waals surface area contributed by atoms with E-state index >= 15 is 0 Å². The smallest absolute Gasteiger partial charge is 0.191 e. The predicted octanol–water partition coefficient (Wildman–Crippen LogP) is 5.08. The maximum Gasteiger partial charge on any atom is 0.191 e. The van der Waals surface area contributed by atoms with Crippen LogP contribution in [0.5, 0.6) is 0 Å². The molecule has 3 rings (SSSR count). The first-order valence-electron chi connectivity index (χ1n) is 10.6. The molecule has 7 heteroatoms. The Morgan fingerprint density at radius 3 is 2.23 bits per heavy atom. The van der Waals surface area contributed by atoms with Crippen molar-refractivity contribution in [2.24, 2.45) is 4.99 Å². The summed E-state index contributed by atoms with van der Waals surface area (Å²) in [6.07, 6.45) is 1.92. The Labute approximate surface area is 208 Å². The summed E-state index contributed by atoms with van der Waals surface area (Å²) in [5, 5.41) is 11.6. The summed E-state index contributed by atoms with van der Waals surface area (Å²) >= 11 is 6.01. The fraction of sp³-hybridized carbons (Fsp3) is 0.458. The Kier molecular flexibility index (Phi) is 10.6. The van der Waals surface area contributed by atoms with Gasteiger partial charge in [-0.25, -0.2) is 0 Å². The van der Waals surface area contributed by atoms with Gasteiger partial charge in [-0.05, 0) is 49.9 Å². The topological polar surface area (TPSA) is 57.7 Å². The molecule has 2 aromatic rings. The second-order valence-electron chi connectivity index (χ2n) is 8.01. The minimum Gasteiger partial charge on any atom is -0.381 e. The molecule has 170 valence electrons. The summed E-state index contributed by atoms with van der Waals surface area (Å²) in [7, 11) is 1.81. The van der Waals surface area contributed by atoms with Crippen molar-refractivity contribution >= 4 is 41.5 Å². The lowest BCUT2D eigenvalue weighted by Gasteiger charge is -2.41. The lowest BCUT2D eigenvalue weighted by molar-refractivity contribution is 0.0354. The predicted molar refractivity (Wildman–Crippen MR) is 141 cm³/mol. The van der Waals surface area contributed by atoms with Crippen LogP contribution in [0.15, 0.2) is 59.6 Å². The highest BCUT2D eigenvalue weighted by molar-refractivity contribution is 14.0. The Balaban J connectivity index is 0.00000341. The van der Waals surface area contributed by atoms with E-state index in [0.717, 1.165) is 43.6 Å². The van der Waals surface area contributed by atoms with Gasteiger partial charge < -0.3 is 20.7 Å². The molecular formula is C24H34ClIN4O. The van der Waals surface area contributed by atoms with E-state index in [-0.39, 0.29) is 41.6 Å². The van der Waals surface area contributed by atoms with Crippen LogP contribution in [0.25, 0.3) is 0 Å². The van der Waals surface area contributed by atoms with Crippen LogP contribution < -0.4 is 16.0 Å². The van der Waals surface area contributed by atoms with Gasteiger partial charge in [0.15, 0.2) is 5.96 Å². The molecule has 3 N–H and O–H groups in total. The van der Waals surface area contributed by atoms with E-state index in [1.54, 1.807) is 7.05 Å². The van der Waals surface area contributed by atoms with Crippen LogP contribution in [-0.4, -0.2) is 38.3 Å². The highest BCUT2D eigenvalue weighted by atomic mass is 127. The zero-order chi connectivity index (χ0) is 21.4. The van der Waals surface area contributed by atoms with Gasteiger partial charge in [-0.15, -0.1) is 24.0 Å². The van der Waals surface area contributed by atoms with Crippen LogP contribution in [0.4, 0.5) is 0 Å². The third kappa shape index (κ3) is 7.63. The number of halogens is 2. The average Bonchev–Trinajstić information content (AvgIpc) is 2.78. The summed E-state index contributed by atoms with van der Waals surface area (Å²) < 4.78 is 5.65. The fourth-order valence-corrected chi connectivity index (χ4v) is 4.03. The van der Waals surface area contributed by atoms with Crippen molar-refractivity contribution in [3.63, 3.8) is 0 Å².